The van der Waals surface area contributed by atoms with Gasteiger partial charge in [-0.1, -0.05) is 0 Å². The predicted octanol–water partition coefficient (Wildman–Crippen LogP) is 3.00. The molecule has 0 fully saturated rings. The Morgan fingerprint density at radius 2 is 2.15 bits per heavy atom. The first kappa shape index (κ1) is 10.3. The highest BCUT2D eigenvalue weighted by Gasteiger charge is 2.12. The Kier molecular flexibility index (Phi) is 3.54. The molecule has 4 heteroatoms. The molecule has 0 N–H and O–H groups in total. The van der Waals surface area contributed by atoms with E-state index in [-0.39, 0.29) is 5.75 Å². The Morgan fingerprint density at radius 1 is 1.46 bits per heavy atom. The third-order valence-electron chi connectivity index (χ3n) is 1.52. The summed E-state index contributed by atoms with van der Waals surface area (Å²) >= 11 is 3.20. The van der Waals surface area contributed by atoms with Crippen LogP contribution in [0.2, 0.25) is 0 Å². The van der Waals surface area contributed by atoms with Gasteiger partial charge in [-0.3, -0.25) is 0 Å². The van der Waals surface area contributed by atoms with E-state index in [0.29, 0.717) is 16.8 Å². The molecule has 0 heterocycles. The molecule has 0 aliphatic carbocycles. The summed E-state index contributed by atoms with van der Waals surface area (Å²) in [7, 11) is 1.52. The molecule has 0 bridgehead atoms. The van der Waals surface area contributed by atoms with Gasteiger partial charge in [0.2, 0.25) is 0 Å². The molecule has 2 nitrogen and oxygen atoms in total. The summed E-state index contributed by atoms with van der Waals surface area (Å²) in [4.78, 5) is 0. The van der Waals surface area contributed by atoms with Crippen molar-refractivity contribution in [3.63, 3.8) is 0 Å². The minimum Gasteiger partial charge on any atom is -0.495 e. The standard InChI is InChI=1S/C9H10BrFO2/c1-3-13-9-6(11)4-5-7(12-2)8(9)10/h4-5H,3H2,1-2H3. The van der Waals surface area contributed by atoms with Crippen molar-refractivity contribution in [3.8, 4) is 11.5 Å². The minimum atomic E-state index is -0.394. The molecular weight excluding hydrogens is 239 g/mol. The van der Waals surface area contributed by atoms with Gasteiger partial charge in [-0.2, -0.15) is 0 Å². The third kappa shape index (κ3) is 2.12. The maximum atomic E-state index is 13.1. The fourth-order valence-electron chi connectivity index (χ4n) is 0.949. The van der Waals surface area contributed by atoms with E-state index in [4.69, 9.17) is 9.47 Å². The van der Waals surface area contributed by atoms with Gasteiger partial charge in [0.15, 0.2) is 11.6 Å². The van der Waals surface area contributed by atoms with E-state index in [1.54, 1.807) is 13.0 Å². The molecule has 0 atom stereocenters. The molecule has 0 saturated heterocycles. The molecule has 0 radical (unpaired) electrons. The maximum absolute atomic E-state index is 13.1. The second-order valence-electron chi connectivity index (χ2n) is 2.33. The van der Waals surface area contributed by atoms with E-state index >= 15 is 0 Å². The van der Waals surface area contributed by atoms with Crippen LogP contribution in [0.1, 0.15) is 6.92 Å². The molecule has 0 unspecified atom stereocenters. The van der Waals surface area contributed by atoms with Gasteiger partial charge in [-0.05, 0) is 35.0 Å². The van der Waals surface area contributed by atoms with E-state index in [2.05, 4.69) is 15.9 Å². The first-order valence-corrected chi connectivity index (χ1v) is 4.64. The fraction of sp³-hybridized carbons (Fsp3) is 0.333. The minimum absolute atomic E-state index is 0.196. The lowest BCUT2D eigenvalue weighted by atomic mass is 10.3. The van der Waals surface area contributed by atoms with Crippen LogP contribution in [0, 0.1) is 5.82 Å². The molecule has 13 heavy (non-hydrogen) atoms. The summed E-state index contributed by atoms with van der Waals surface area (Å²) in [5.74, 6) is 0.362. The van der Waals surface area contributed by atoms with E-state index in [1.165, 1.54) is 13.2 Å². The van der Waals surface area contributed by atoms with Gasteiger partial charge in [0.05, 0.1) is 13.7 Å². The van der Waals surface area contributed by atoms with Crippen molar-refractivity contribution < 1.29 is 13.9 Å². The molecule has 0 aliphatic heterocycles. The van der Waals surface area contributed by atoms with Crippen LogP contribution in [-0.2, 0) is 0 Å². The largest absolute Gasteiger partial charge is 0.495 e. The van der Waals surface area contributed by atoms with Gasteiger partial charge in [-0.15, -0.1) is 0 Å². The Balaban J connectivity index is 3.13. The first-order chi connectivity index (χ1) is 6.20. The number of benzene rings is 1. The van der Waals surface area contributed by atoms with Crippen LogP contribution >= 0.6 is 15.9 Å². The van der Waals surface area contributed by atoms with Crippen LogP contribution < -0.4 is 9.47 Å². The van der Waals surface area contributed by atoms with Crippen molar-refractivity contribution in [2.45, 2.75) is 6.92 Å². The molecule has 1 rings (SSSR count). The van der Waals surface area contributed by atoms with Gasteiger partial charge in [0, 0.05) is 0 Å². The lowest BCUT2D eigenvalue weighted by molar-refractivity contribution is 0.314. The average Bonchev–Trinajstić information content (AvgIpc) is 2.12. The third-order valence-corrected chi connectivity index (χ3v) is 2.27. The van der Waals surface area contributed by atoms with Crippen molar-refractivity contribution in [3.05, 3.63) is 22.4 Å². The summed E-state index contributed by atoms with van der Waals surface area (Å²) in [6.07, 6.45) is 0. The van der Waals surface area contributed by atoms with Crippen molar-refractivity contribution in [2.24, 2.45) is 0 Å². The van der Waals surface area contributed by atoms with Crippen molar-refractivity contribution >= 4 is 15.9 Å². The van der Waals surface area contributed by atoms with Gasteiger partial charge in [0.25, 0.3) is 0 Å². The zero-order chi connectivity index (χ0) is 9.84. The van der Waals surface area contributed by atoms with E-state index < -0.39 is 5.82 Å². The predicted molar refractivity (Wildman–Crippen MR) is 51.8 cm³/mol. The molecule has 72 valence electrons. The summed E-state index contributed by atoms with van der Waals surface area (Å²) in [5, 5.41) is 0. The molecule has 0 saturated carbocycles. The summed E-state index contributed by atoms with van der Waals surface area (Å²) in [5.41, 5.74) is 0. The van der Waals surface area contributed by atoms with Crippen LogP contribution in [0.15, 0.2) is 16.6 Å². The Labute approximate surface area is 84.8 Å². The normalized spacial score (nSPS) is 9.85. The van der Waals surface area contributed by atoms with E-state index in [9.17, 15) is 4.39 Å². The molecule has 0 amide bonds. The molecule has 0 aromatic heterocycles. The molecular formula is C9H10BrFO2. The average molecular weight is 249 g/mol. The lowest BCUT2D eigenvalue weighted by Gasteiger charge is -2.09. The van der Waals surface area contributed by atoms with Crippen LogP contribution in [0.5, 0.6) is 11.5 Å². The van der Waals surface area contributed by atoms with Crippen LogP contribution in [-0.4, -0.2) is 13.7 Å². The molecule has 1 aromatic rings. The maximum Gasteiger partial charge on any atom is 0.172 e. The highest BCUT2D eigenvalue weighted by molar-refractivity contribution is 9.10. The monoisotopic (exact) mass is 248 g/mol. The van der Waals surface area contributed by atoms with Crippen molar-refractivity contribution in [1.29, 1.82) is 0 Å². The number of methoxy groups -OCH3 is 1. The number of hydrogen-bond donors (Lipinski definition) is 0. The lowest BCUT2D eigenvalue weighted by Crippen LogP contribution is -1.97. The number of ether oxygens (including phenoxy) is 2. The van der Waals surface area contributed by atoms with Gasteiger partial charge in [-0.25, -0.2) is 4.39 Å². The summed E-state index contributed by atoms with van der Waals surface area (Å²) in [6, 6.07) is 2.86. The van der Waals surface area contributed by atoms with Crippen molar-refractivity contribution in [2.75, 3.05) is 13.7 Å². The second-order valence-corrected chi connectivity index (χ2v) is 3.12. The Bertz CT molecular complexity index is 302. The number of rotatable bonds is 3. The fourth-order valence-corrected chi connectivity index (χ4v) is 1.55. The zero-order valence-corrected chi connectivity index (χ0v) is 9.02. The molecule has 0 aliphatic rings. The summed E-state index contributed by atoms with van der Waals surface area (Å²) in [6.45, 7) is 2.22. The van der Waals surface area contributed by atoms with Crippen molar-refractivity contribution in [1.82, 2.24) is 0 Å². The topological polar surface area (TPSA) is 18.5 Å². The SMILES string of the molecule is CCOc1c(F)ccc(OC)c1Br. The Morgan fingerprint density at radius 3 is 2.69 bits per heavy atom. The summed E-state index contributed by atoms with van der Waals surface area (Å²) < 4.78 is 23.8. The first-order valence-electron chi connectivity index (χ1n) is 3.85. The molecule has 1 aromatic carbocycles. The zero-order valence-electron chi connectivity index (χ0n) is 7.43. The van der Waals surface area contributed by atoms with Gasteiger partial charge < -0.3 is 9.47 Å². The highest BCUT2D eigenvalue weighted by Crippen LogP contribution is 2.36. The smallest absolute Gasteiger partial charge is 0.172 e. The number of hydrogen-bond acceptors (Lipinski definition) is 2. The second kappa shape index (κ2) is 4.46. The highest BCUT2D eigenvalue weighted by atomic mass is 79.9. The van der Waals surface area contributed by atoms with E-state index in [1.807, 2.05) is 0 Å². The van der Waals surface area contributed by atoms with Crippen LogP contribution in [0.4, 0.5) is 4.39 Å². The van der Waals surface area contributed by atoms with Crippen LogP contribution in [0.3, 0.4) is 0 Å². The number of halogens is 2. The van der Waals surface area contributed by atoms with Gasteiger partial charge >= 0.3 is 0 Å². The quantitative estimate of drug-likeness (QED) is 0.819. The molecule has 0 spiro atoms. The van der Waals surface area contributed by atoms with E-state index in [0.717, 1.165) is 0 Å². The van der Waals surface area contributed by atoms with Gasteiger partial charge in [0.1, 0.15) is 10.2 Å². The van der Waals surface area contributed by atoms with Crippen LogP contribution in [0.25, 0.3) is 0 Å². The Hall–Kier alpha value is -0.770.